The Bertz CT molecular complexity index is 621. The van der Waals surface area contributed by atoms with Crippen LogP contribution < -0.4 is 5.73 Å². The van der Waals surface area contributed by atoms with Gasteiger partial charge in [0.15, 0.2) is 0 Å². The fourth-order valence-corrected chi connectivity index (χ4v) is 3.83. The highest BCUT2D eigenvalue weighted by Crippen LogP contribution is 2.21. The molecule has 1 aliphatic rings. The van der Waals surface area contributed by atoms with E-state index in [1.807, 2.05) is 13.8 Å². The van der Waals surface area contributed by atoms with Gasteiger partial charge in [-0.2, -0.15) is 4.31 Å². The molecule has 122 valence electrons. The molecule has 0 unspecified atom stereocenters. The predicted octanol–water partition coefficient (Wildman–Crippen LogP) is 0.504. The minimum Gasteiger partial charge on any atom is -0.340 e. The molecule has 0 atom stereocenters. The first kappa shape index (κ1) is 16.9. The van der Waals surface area contributed by atoms with Crippen LogP contribution in [-0.4, -0.2) is 56.3 Å². The third-order valence-corrected chi connectivity index (χ3v) is 5.91. The summed E-state index contributed by atoms with van der Waals surface area (Å²) in [6.45, 7) is 5.30. The monoisotopic (exact) mass is 325 g/mol. The lowest BCUT2D eigenvalue weighted by Crippen LogP contribution is -2.54. The van der Waals surface area contributed by atoms with Crippen molar-refractivity contribution >= 4 is 15.9 Å². The fraction of sp³-hybridized carbons (Fsp3) is 0.533. The number of sulfonamides is 1. The molecule has 0 bridgehead atoms. The highest BCUT2D eigenvalue weighted by Gasteiger charge is 2.35. The lowest BCUT2D eigenvalue weighted by molar-refractivity contribution is -0.141. The number of nitrogens with zero attached hydrogens (tertiary/aromatic N) is 2. The summed E-state index contributed by atoms with van der Waals surface area (Å²) in [5.74, 6) is -0.0215. The summed E-state index contributed by atoms with van der Waals surface area (Å²) in [5, 5.41) is 0. The Hall–Kier alpha value is -1.44. The molecule has 0 aliphatic carbocycles. The molecule has 22 heavy (non-hydrogen) atoms. The molecule has 1 saturated heterocycles. The van der Waals surface area contributed by atoms with Gasteiger partial charge in [-0.25, -0.2) is 8.42 Å². The van der Waals surface area contributed by atoms with Crippen LogP contribution in [0, 0.1) is 5.41 Å². The van der Waals surface area contributed by atoms with Gasteiger partial charge in [0.05, 0.1) is 10.3 Å². The van der Waals surface area contributed by atoms with E-state index in [1.54, 1.807) is 35.2 Å². The quantitative estimate of drug-likeness (QED) is 0.874. The molecule has 7 heteroatoms. The zero-order valence-corrected chi connectivity index (χ0v) is 13.8. The summed E-state index contributed by atoms with van der Waals surface area (Å²) in [7, 11) is -3.48. The summed E-state index contributed by atoms with van der Waals surface area (Å²) in [5.41, 5.74) is 5.02. The van der Waals surface area contributed by atoms with Crippen LogP contribution in [-0.2, 0) is 14.8 Å². The molecule has 2 rings (SSSR count). The Labute approximate surface area is 131 Å². The van der Waals surface area contributed by atoms with Gasteiger partial charge in [0.25, 0.3) is 0 Å². The van der Waals surface area contributed by atoms with E-state index in [9.17, 15) is 13.2 Å². The maximum atomic E-state index is 12.5. The van der Waals surface area contributed by atoms with Gasteiger partial charge in [0, 0.05) is 32.7 Å². The maximum absolute atomic E-state index is 12.5. The van der Waals surface area contributed by atoms with Gasteiger partial charge in [-0.1, -0.05) is 18.2 Å². The van der Waals surface area contributed by atoms with E-state index in [0.717, 1.165) is 0 Å². The summed E-state index contributed by atoms with van der Waals surface area (Å²) in [6.07, 6.45) is 0. The Kier molecular flexibility index (Phi) is 4.89. The largest absolute Gasteiger partial charge is 0.340 e. The number of hydrogen-bond donors (Lipinski definition) is 1. The lowest BCUT2D eigenvalue weighted by atomic mass is 9.91. The minimum absolute atomic E-state index is 0.0215. The zero-order chi connectivity index (χ0) is 16.4. The molecule has 6 nitrogen and oxygen atoms in total. The molecular formula is C15H23N3O3S. The summed E-state index contributed by atoms with van der Waals surface area (Å²) >= 11 is 0. The SMILES string of the molecule is CC(C)(CN)C(=O)N1CCN(S(=O)(=O)c2ccccc2)CC1. The molecule has 1 aromatic rings. The highest BCUT2D eigenvalue weighted by molar-refractivity contribution is 7.89. The Morgan fingerprint density at radius 2 is 1.68 bits per heavy atom. The van der Waals surface area contributed by atoms with Crippen LogP contribution in [0.5, 0.6) is 0 Å². The normalized spacial score (nSPS) is 17.5. The van der Waals surface area contributed by atoms with Crippen molar-refractivity contribution in [3.8, 4) is 0 Å². The van der Waals surface area contributed by atoms with Gasteiger partial charge in [-0.15, -0.1) is 0 Å². The van der Waals surface area contributed by atoms with Crippen molar-refractivity contribution in [2.45, 2.75) is 18.7 Å². The number of carbonyl (C=O) groups is 1. The third-order valence-electron chi connectivity index (χ3n) is 4.00. The summed E-state index contributed by atoms with van der Waals surface area (Å²) in [6, 6.07) is 8.37. The Morgan fingerprint density at radius 3 is 2.18 bits per heavy atom. The predicted molar refractivity (Wildman–Crippen MR) is 84.6 cm³/mol. The third kappa shape index (κ3) is 3.31. The smallest absolute Gasteiger partial charge is 0.243 e. The number of benzene rings is 1. The van der Waals surface area contributed by atoms with E-state index >= 15 is 0 Å². The molecule has 0 aromatic heterocycles. The van der Waals surface area contributed by atoms with E-state index < -0.39 is 15.4 Å². The second-order valence-electron chi connectivity index (χ2n) is 6.10. The van der Waals surface area contributed by atoms with Gasteiger partial charge in [-0.3, -0.25) is 4.79 Å². The van der Waals surface area contributed by atoms with Gasteiger partial charge in [0.1, 0.15) is 0 Å². The molecular weight excluding hydrogens is 302 g/mol. The first-order chi connectivity index (χ1) is 10.3. The number of hydrogen-bond acceptors (Lipinski definition) is 4. The number of rotatable bonds is 4. The molecule has 2 N–H and O–H groups in total. The molecule has 1 aromatic carbocycles. The van der Waals surface area contributed by atoms with Crippen molar-refractivity contribution in [1.29, 1.82) is 0 Å². The van der Waals surface area contributed by atoms with Crippen LogP contribution >= 0.6 is 0 Å². The molecule has 1 heterocycles. The number of piperazine rings is 1. The van der Waals surface area contributed by atoms with E-state index in [0.29, 0.717) is 26.2 Å². The van der Waals surface area contributed by atoms with Crippen molar-refractivity contribution in [2.24, 2.45) is 11.1 Å². The maximum Gasteiger partial charge on any atom is 0.243 e. The van der Waals surface area contributed by atoms with Gasteiger partial charge in [0.2, 0.25) is 15.9 Å². The van der Waals surface area contributed by atoms with Crippen LogP contribution in [0.15, 0.2) is 35.2 Å². The summed E-state index contributed by atoms with van der Waals surface area (Å²) < 4.78 is 26.5. The van der Waals surface area contributed by atoms with Crippen molar-refractivity contribution in [1.82, 2.24) is 9.21 Å². The van der Waals surface area contributed by atoms with Crippen molar-refractivity contribution in [3.63, 3.8) is 0 Å². The van der Waals surface area contributed by atoms with E-state index in [-0.39, 0.29) is 17.3 Å². The average molecular weight is 325 g/mol. The van der Waals surface area contributed by atoms with Crippen LogP contribution in [0.1, 0.15) is 13.8 Å². The number of amides is 1. The van der Waals surface area contributed by atoms with Gasteiger partial charge >= 0.3 is 0 Å². The van der Waals surface area contributed by atoms with Crippen LogP contribution in [0.4, 0.5) is 0 Å². The number of carbonyl (C=O) groups excluding carboxylic acids is 1. The second-order valence-corrected chi connectivity index (χ2v) is 8.04. The fourth-order valence-electron chi connectivity index (χ4n) is 2.39. The van der Waals surface area contributed by atoms with E-state index in [4.69, 9.17) is 5.73 Å². The number of nitrogens with two attached hydrogens (primary N) is 1. The summed E-state index contributed by atoms with van der Waals surface area (Å²) in [4.78, 5) is 14.3. The Morgan fingerprint density at radius 1 is 1.14 bits per heavy atom. The Balaban J connectivity index is 2.05. The van der Waals surface area contributed by atoms with E-state index in [1.165, 1.54) is 4.31 Å². The van der Waals surface area contributed by atoms with Crippen molar-refractivity contribution in [2.75, 3.05) is 32.7 Å². The van der Waals surface area contributed by atoms with Crippen molar-refractivity contribution in [3.05, 3.63) is 30.3 Å². The molecule has 0 radical (unpaired) electrons. The first-order valence-electron chi connectivity index (χ1n) is 7.34. The van der Waals surface area contributed by atoms with Crippen LogP contribution in [0.25, 0.3) is 0 Å². The van der Waals surface area contributed by atoms with Gasteiger partial charge < -0.3 is 10.6 Å². The molecule has 1 fully saturated rings. The molecule has 1 amide bonds. The highest BCUT2D eigenvalue weighted by atomic mass is 32.2. The standard InChI is InChI=1S/C15H23N3O3S/c1-15(2,12-16)14(19)17-8-10-18(11-9-17)22(20,21)13-6-4-3-5-7-13/h3-7H,8-12,16H2,1-2H3. The van der Waals surface area contributed by atoms with Gasteiger partial charge in [-0.05, 0) is 26.0 Å². The van der Waals surface area contributed by atoms with Crippen molar-refractivity contribution < 1.29 is 13.2 Å². The zero-order valence-electron chi connectivity index (χ0n) is 13.0. The second kappa shape index (κ2) is 6.36. The van der Waals surface area contributed by atoms with Crippen LogP contribution in [0.3, 0.4) is 0 Å². The van der Waals surface area contributed by atoms with E-state index in [2.05, 4.69) is 0 Å². The molecule has 1 aliphatic heterocycles. The molecule has 0 spiro atoms. The van der Waals surface area contributed by atoms with Crippen LogP contribution in [0.2, 0.25) is 0 Å². The minimum atomic E-state index is -3.48. The molecule has 0 saturated carbocycles. The lowest BCUT2D eigenvalue weighted by Gasteiger charge is -2.37. The topological polar surface area (TPSA) is 83.7 Å². The average Bonchev–Trinajstić information content (AvgIpc) is 2.55. The first-order valence-corrected chi connectivity index (χ1v) is 8.78.